The molecule has 0 saturated carbocycles. The first-order chi connectivity index (χ1) is 9.22. The summed E-state index contributed by atoms with van der Waals surface area (Å²) in [6, 6.07) is 7.83. The van der Waals surface area contributed by atoms with Crippen molar-refractivity contribution in [3.8, 4) is 0 Å². The molecule has 1 aliphatic rings. The standard InChI is InChI=1S/C14H19ClOS3/c1-2-12-14(18-8-7-17-12)11(16)9-19-13-6-4-3-5-10(13)15/h3-6,11-12,14,16H,2,7-9H2,1H3. The Morgan fingerprint density at radius 1 is 1.37 bits per heavy atom. The molecule has 5 heteroatoms. The second-order valence-electron chi connectivity index (χ2n) is 4.46. The summed E-state index contributed by atoms with van der Waals surface area (Å²) in [5.41, 5.74) is 0. The quantitative estimate of drug-likeness (QED) is 0.804. The minimum atomic E-state index is -0.260. The summed E-state index contributed by atoms with van der Waals surface area (Å²) in [7, 11) is 0. The first-order valence-electron chi connectivity index (χ1n) is 6.51. The number of halogens is 1. The van der Waals surface area contributed by atoms with Crippen LogP contribution in [0, 0.1) is 0 Å². The second kappa shape index (κ2) is 8.08. The van der Waals surface area contributed by atoms with Gasteiger partial charge >= 0.3 is 0 Å². The summed E-state index contributed by atoms with van der Waals surface area (Å²) in [5, 5.41) is 12.1. The highest BCUT2D eigenvalue weighted by atomic mass is 35.5. The van der Waals surface area contributed by atoms with E-state index in [1.807, 2.05) is 47.8 Å². The fraction of sp³-hybridized carbons (Fsp3) is 0.571. The summed E-state index contributed by atoms with van der Waals surface area (Å²) in [4.78, 5) is 1.06. The lowest BCUT2D eigenvalue weighted by molar-refractivity contribution is 0.193. The zero-order valence-electron chi connectivity index (χ0n) is 10.9. The van der Waals surface area contributed by atoms with Gasteiger partial charge in [0.1, 0.15) is 0 Å². The minimum absolute atomic E-state index is 0.260. The van der Waals surface area contributed by atoms with Crippen molar-refractivity contribution < 1.29 is 5.11 Å². The number of hydrogen-bond acceptors (Lipinski definition) is 4. The fourth-order valence-electron chi connectivity index (χ4n) is 2.13. The SMILES string of the molecule is CCC1SCCSC1C(O)CSc1ccccc1Cl. The van der Waals surface area contributed by atoms with E-state index in [0.717, 1.165) is 27.8 Å². The summed E-state index contributed by atoms with van der Waals surface area (Å²) in [5.74, 6) is 3.09. The number of aliphatic hydroxyl groups is 1. The van der Waals surface area contributed by atoms with Crippen molar-refractivity contribution in [2.24, 2.45) is 0 Å². The minimum Gasteiger partial charge on any atom is -0.391 e. The van der Waals surface area contributed by atoms with Crippen molar-refractivity contribution in [3.05, 3.63) is 29.3 Å². The molecular weight excluding hydrogens is 316 g/mol. The van der Waals surface area contributed by atoms with Gasteiger partial charge in [0, 0.05) is 32.7 Å². The smallest absolute Gasteiger partial charge is 0.0763 e. The number of hydrogen-bond donors (Lipinski definition) is 1. The molecule has 2 rings (SSSR count). The molecule has 1 aliphatic heterocycles. The topological polar surface area (TPSA) is 20.2 Å². The molecule has 1 aromatic carbocycles. The predicted molar refractivity (Wildman–Crippen MR) is 91.0 cm³/mol. The Hall–Kier alpha value is 0.520. The van der Waals surface area contributed by atoms with E-state index in [2.05, 4.69) is 6.92 Å². The van der Waals surface area contributed by atoms with Crippen molar-refractivity contribution in [3.63, 3.8) is 0 Å². The maximum absolute atomic E-state index is 10.4. The van der Waals surface area contributed by atoms with E-state index in [1.54, 1.807) is 11.8 Å². The van der Waals surface area contributed by atoms with Gasteiger partial charge in [0.25, 0.3) is 0 Å². The average molecular weight is 335 g/mol. The van der Waals surface area contributed by atoms with Crippen molar-refractivity contribution in [2.45, 2.75) is 34.8 Å². The van der Waals surface area contributed by atoms with E-state index in [4.69, 9.17) is 11.6 Å². The van der Waals surface area contributed by atoms with Crippen LogP contribution in [-0.4, -0.2) is 39.0 Å². The van der Waals surface area contributed by atoms with Crippen LogP contribution in [0.5, 0.6) is 0 Å². The van der Waals surface area contributed by atoms with Crippen LogP contribution in [0.2, 0.25) is 5.02 Å². The molecule has 1 aromatic rings. The zero-order valence-corrected chi connectivity index (χ0v) is 14.1. The summed E-state index contributed by atoms with van der Waals surface area (Å²) < 4.78 is 0. The molecule has 1 nitrogen and oxygen atoms in total. The molecule has 106 valence electrons. The third-order valence-corrected chi connectivity index (χ3v) is 8.13. The molecule has 1 fully saturated rings. The van der Waals surface area contributed by atoms with Crippen molar-refractivity contribution in [2.75, 3.05) is 17.3 Å². The average Bonchev–Trinajstić information content (AvgIpc) is 2.46. The van der Waals surface area contributed by atoms with Crippen molar-refractivity contribution >= 4 is 46.9 Å². The van der Waals surface area contributed by atoms with Gasteiger partial charge in [-0.2, -0.15) is 23.5 Å². The molecule has 1 heterocycles. The summed E-state index contributed by atoms with van der Waals surface area (Å²) >= 11 is 11.7. The third-order valence-electron chi connectivity index (χ3n) is 3.12. The number of thioether (sulfide) groups is 3. The summed E-state index contributed by atoms with van der Waals surface area (Å²) in [6.07, 6.45) is 0.875. The monoisotopic (exact) mass is 334 g/mol. The Kier molecular flexibility index (Phi) is 6.76. The van der Waals surface area contributed by atoms with Gasteiger partial charge < -0.3 is 5.11 Å². The van der Waals surface area contributed by atoms with Crippen LogP contribution >= 0.6 is 46.9 Å². The summed E-state index contributed by atoms with van der Waals surface area (Å²) in [6.45, 7) is 2.21. The molecule has 0 aliphatic carbocycles. The van der Waals surface area contributed by atoms with Crippen molar-refractivity contribution in [1.82, 2.24) is 0 Å². The molecule has 1 saturated heterocycles. The normalized spacial score (nSPS) is 25.2. The van der Waals surface area contributed by atoms with Crippen LogP contribution in [0.25, 0.3) is 0 Å². The lowest BCUT2D eigenvalue weighted by atomic mass is 10.1. The van der Waals surface area contributed by atoms with E-state index in [-0.39, 0.29) is 6.10 Å². The van der Waals surface area contributed by atoms with Crippen LogP contribution in [0.15, 0.2) is 29.2 Å². The molecule has 1 N–H and O–H groups in total. The lowest BCUT2D eigenvalue weighted by Crippen LogP contribution is -2.37. The molecule has 0 radical (unpaired) electrons. The van der Waals surface area contributed by atoms with Crippen LogP contribution in [0.3, 0.4) is 0 Å². The highest BCUT2D eigenvalue weighted by Gasteiger charge is 2.30. The van der Waals surface area contributed by atoms with Crippen LogP contribution in [-0.2, 0) is 0 Å². The molecule has 3 unspecified atom stereocenters. The van der Waals surface area contributed by atoms with Gasteiger partial charge in [-0.05, 0) is 18.6 Å². The Morgan fingerprint density at radius 2 is 2.11 bits per heavy atom. The zero-order chi connectivity index (χ0) is 13.7. The van der Waals surface area contributed by atoms with E-state index < -0.39 is 0 Å². The van der Waals surface area contributed by atoms with Gasteiger partial charge in [0.05, 0.1) is 11.1 Å². The van der Waals surface area contributed by atoms with Gasteiger partial charge in [0.15, 0.2) is 0 Å². The Labute approximate surface area is 133 Å². The molecule has 0 spiro atoms. The van der Waals surface area contributed by atoms with Crippen molar-refractivity contribution in [1.29, 1.82) is 0 Å². The maximum atomic E-state index is 10.4. The first kappa shape index (κ1) is 15.9. The highest BCUT2D eigenvalue weighted by Crippen LogP contribution is 2.37. The molecule has 0 aromatic heterocycles. The van der Waals surface area contributed by atoms with Crippen LogP contribution in [0.4, 0.5) is 0 Å². The van der Waals surface area contributed by atoms with Gasteiger partial charge in [-0.1, -0.05) is 30.7 Å². The van der Waals surface area contributed by atoms with Gasteiger partial charge in [0.2, 0.25) is 0 Å². The van der Waals surface area contributed by atoms with Gasteiger partial charge in [-0.15, -0.1) is 11.8 Å². The van der Waals surface area contributed by atoms with Gasteiger partial charge in [-0.3, -0.25) is 0 Å². The van der Waals surface area contributed by atoms with Crippen LogP contribution in [0.1, 0.15) is 13.3 Å². The van der Waals surface area contributed by atoms with E-state index in [1.165, 1.54) is 5.75 Å². The predicted octanol–water partition coefficient (Wildman–Crippen LogP) is 4.42. The fourth-order valence-corrected chi connectivity index (χ4v) is 6.63. The molecule has 0 bridgehead atoms. The Balaban J connectivity index is 1.90. The molecule has 0 amide bonds. The number of aliphatic hydroxyl groups excluding tert-OH is 1. The first-order valence-corrected chi connectivity index (χ1v) is 9.97. The lowest BCUT2D eigenvalue weighted by Gasteiger charge is -2.33. The molecule has 3 atom stereocenters. The third kappa shape index (κ3) is 4.50. The highest BCUT2D eigenvalue weighted by molar-refractivity contribution is 8.07. The Bertz CT molecular complexity index is 402. The van der Waals surface area contributed by atoms with E-state index >= 15 is 0 Å². The number of benzene rings is 1. The maximum Gasteiger partial charge on any atom is 0.0763 e. The molecular formula is C14H19ClOS3. The van der Waals surface area contributed by atoms with E-state index in [0.29, 0.717) is 10.5 Å². The number of rotatable bonds is 5. The largest absolute Gasteiger partial charge is 0.391 e. The van der Waals surface area contributed by atoms with E-state index in [9.17, 15) is 5.11 Å². The Morgan fingerprint density at radius 3 is 2.84 bits per heavy atom. The van der Waals surface area contributed by atoms with Crippen LogP contribution < -0.4 is 0 Å². The second-order valence-corrected chi connectivity index (χ2v) is 8.56. The molecule has 19 heavy (non-hydrogen) atoms. The van der Waals surface area contributed by atoms with Gasteiger partial charge in [-0.25, -0.2) is 0 Å².